The lowest BCUT2D eigenvalue weighted by Gasteiger charge is -2.34. The summed E-state index contributed by atoms with van der Waals surface area (Å²) in [6.07, 6.45) is 1.38. The van der Waals surface area contributed by atoms with E-state index in [4.69, 9.17) is 11.6 Å². The SMILES string of the molecule is CCC1c2ccsc2CCN1S(=O)(=O)c1ccc(C(=O)OC)cc1Cl. The second kappa shape index (κ2) is 7.07. The van der Waals surface area contributed by atoms with E-state index >= 15 is 0 Å². The molecule has 3 rings (SSSR count). The van der Waals surface area contributed by atoms with Crippen LogP contribution < -0.4 is 0 Å². The Morgan fingerprint density at radius 2 is 2.16 bits per heavy atom. The van der Waals surface area contributed by atoms with Gasteiger partial charge in [0.15, 0.2) is 0 Å². The van der Waals surface area contributed by atoms with Crippen molar-refractivity contribution in [3.63, 3.8) is 0 Å². The zero-order valence-corrected chi connectivity index (χ0v) is 16.2. The lowest BCUT2D eigenvalue weighted by molar-refractivity contribution is 0.0600. The number of methoxy groups -OCH3 is 1. The van der Waals surface area contributed by atoms with Crippen LogP contribution in [0.5, 0.6) is 0 Å². The highest BCUT2D eigenvalue weighted by atomic mass is 35.5. The number of rotatable bonds is 4. The molecule has 0 N–H and O–H groups in total. The number of esters is 1. The fraction of sp³-hybridized carbons (Fsp3) is 0.353. The summed E-state index contributed by atoms with van der Waals surface area (Å²) < 4.78 is 32.5. The fourth-order valence-electron chi connectivity index (χ4n) is 3.17. The van der Waals surface area contributed by atoms with Crippen LogP contribution in [0.15, 0.2) is 34.5 Å². The van der Waals surface area contributed by atoms with Crippen LogP contribution >= 0.6 is 22.9 Å². The molecular weight excluding hydrogens is 382 g/mol. The van der Waals surface area contributed by atoms with Crippen LogP contribution in [-0.2, 0) is 21.2 Å². The molecule has 2 heterocycles. The summed E-state index contributed by atoms with van der Waals surface area (Å²) in [5, 5.41) is 2.02. The van der Waals surface area contributed by atoms with Gasteiger partial charge in [-0.2, -0.15) is 4.31 Å². The zero-order valence-electron chi connectivity index (χ0n) is 13.9. The van der Waals surface area contributed by atoms with Gasteiger partial charge in [-0.05, 0) is 48.1 Å². The van der Waals surface area contributed by atoms with Crippen LogP contribution in [-0.4, -0.2) is 32.3 Å². The number of carbonyl (C=O) groups excluding carboxylic acids is 1. The maximum Gasteiger partial charge on any atom is 0.337 e. The average molecular weight is 400 g/mol. The number of hydrogen-bond donors (Lipinski definition) is 0. The number of fused-ring (bicyclic) bond motifs is 1. The molecule has 0 saturated heterocycles. The quantitative estimate of drug-likeness (QED) is 0.732. The van der Waals surface area contributed by atoms with E-state index < -0.39 is 16.0 Å². The Bertz CT molecular complexity index is 907. The molecule has 0 fully saturated rings. The summed E-state index contributed by atoms with van der Waals surface area (Å²) >= 11 is 7.86. The van der Waals surface area contributed by atoms with Gasteiger partial charge in [0.1, 0.15) is 4.90 Å². The summed E-state index contributed by atoms with van der Waals surface area (Å²) in [4.78, 5) is 12.8. The molecule has 0 spiro atoms. The number of nitrogens with zero attached hydrogens (tertiary/aromatic N) is 1. The van der Waals surface area contributed by atoms with E-state index in [9.17, 15) is 13.2 Å². The van der Waals surface area contributed by atoms with Crippen molar-refractivity contribution < 1.29 is 17.9 Å². The molecule has 1 aliphatic heterocycles. The van der Waals surface area contributed by atoms with Gasteiger partial charge >= 0.3 is 5.97 Å². The van der Waals surface area contributed by atoms with Crippen molar-refractivity contribution in [2.75, 3.05) is 13.7 Å². The Morgan fingerprint density at radius 1 is 1.40 bits per heavy atom. The maximum absolute atomic E-state index is 13.2. The van der Waals surface area contributed by atoms with Gasteiger partial charge in [-0.3, -0.25) is 0 Å². The highest BCUT2D eigenvalue weighted by Crippen LogP contribution is 2.39. The van der Waals surface area contributed by atoms with Gasteiger partial charge in [-0.25, -0.2) is 13.2 Å². The van der Waals surface area contributed by atoms with Crippen LogP contribution in [0, 0.1) is 0 Å². The molecule has 0 radical (unpaired) electrons. The lowest BCUT2D eigenvalue weighted by Crippen LogP contribution is -2.39. The van der Waals surface area contributed by atoms with Crippen molar-refractivity contribution >= 4 is 38.9 Å². The first-order valence-corrected chi connectivity index (χ1v) is 10.6. The molecule has 8 heteroatoms. The molecule has 1 aromatic carbocycles. The first kappa shape index (κ1) is 18.4. The van der Waals surface area contributed by atoms with E-state index in [0.29, 0.717) is 19.4 Å². The standard InChI is InChI=1S/C17H18ClNO4S2/c1-3-14-12-7-9-24-15(12)6-8-19(14)25(21,22)16-5-4-11(10-13(16)18)17(20)23-2/h4-5,7,9-10,14H,3,6,8H2,1-2H3. The van der Waals surface area contributed by atoms with Gasteiger partial charge in [0.25, 0.3) is 0 Å². The number of thiophene rings is 1. The first-order chi connectivity index (χ1) is 11.9. The Balaban J connectivity index is 2.01. The zero-order chi connectivity index (χ0) is 18.2. The van der Waals surface area contributed by atoms with Crippen molar-refractivity contribution in [1.29, 1.82) is 0 Å². The van der Waals surface area contributed by atoms with Gasteiger partial charge in [-0.15, -0.1) is 11.3 Å². The summed E-state index contributed by atoms with van der Waals surface area (Å²) in [5.41, 5.74) is 1.29. The minimum Gasteiger partial charge on any atom is -0.465 e. The minimum absolute atomic E-state index is 0.0129. The topological polar surface area (TPSA) is 63.7 Å². The number of benzene rings is 1. The highest BCUT2D eigenvalue weighted by molar-refractivity contribution is 7.89. The van der Waals surface area contributed by atoms with Crippen LogP contribution in [0.4, 0.5) is 0 Å². The molecule has 1 atom stereocenters. The van der Waals surface area contributed by atoms with Crippen molar-refractivity contribution in [1.82, 2.24) is 4.31 Å². The normalized spacial score (nSPS) is 18.0. The van der Waals surface area contributed by atoms with Gasteiger partial charge in [0.05, 0.1) is 23.7 Å². The van der Waals surface area contributed by atoms with Crippen LogP contribution in [0.3, 0.4) is 0 Å². The second-order valence-corrected chi connectivity index (χ2v) is 8.99. The van der Waals surface area contributed by atoms with Gasteiger partial charge < -0.3 is 4.74 Å². The summed E-state index contributed by atoms with van der Waals surface area (Å²) in [7, 11) is -2.51. The third kappa shape index (κ3) is 3.21. The van der Waals surface area contributed by atoms with Crippen molar-refractivity contribution in [2.45, 2.75) is 30.7 Å². The average Bonchev–Trinajstić information content (AvgIpc) is 3.08. The molecule has 1 aliphatic rings. The number of halogens is 1. The van der Waals surface area contributed by atoms with Gasteiger partial charge in [0.2, 0.25) is 10.0 Å². The molecule has 25 heavy (non-hydrogen) atoms. The van der Waals surface area contributed by atoms with E-state index in [1.54, 1.807) is 11.3 Å². The summed E-state index contributed by atoms with van der Waals surface area (Å²) in [6, 6.07) is 5.93. The highest BCUT2D eigenvalue weighted by Gasteiger charge is 2.37. The molecule has 2 aromatic rings. The number of ether oxygens (including phenoxy) is 1. The fourth-order valence-corrected chi connectivity index (χ4v) is 6.29. The molecule has 134 valence electrons. The molecule has 5 nitrogen and oxygen atoms in total. The monoisotopic (exact) mass is 399 g/mol. The Hall–Kier alpha value is -1.41. The largest absolute Gasteiger partial charge is 0.465 e. The molecule has 0 saturated carbocycles. The van der Waals surface area contributed by atoms with Gasteiger partial charge in [-0.1, -0.05) is 18.5 Å². The molecular formula is C17H18ClNO4S2. The molecule has 0 aliphatic carbocycles. The van der Waals surface area contributed by atoms with E-state index in [1.807, 2.05) is 18.4 Å². The molecule has 1 unspecified atom stereocenters. The van der Waals surface area contributed by atoms with Gasteiger partial charge in [0, 0.05) is 11.4 Å². The third-order valence-electron chi connectivity index (χ3n) is 4.37. The predicted octanol–water partition coefficient (Wildman–Crippen LogP) is 3.89. The minimum atomic E-state index is -3.77. The molecule has 0 bridgehead atoms. The van der Waals surface area contributed by atoms with Crippen LogP contribution in [0.25, 0.3) is 0 Å². The molecule has 0 amide bonds. The summed E-state index contributed by atoms with van der Waals surface area (Å²) in [5.74, 6) is -0.557. The molecule has 1 aromatic heterocycles. The number of hydrogen-bond acceptors (Lipinski definition) is 5. The van der Waals surface area contributed by atoms with E-state index in [1.165, 1.54) is 34.5 Å². The van der Waals surface area contributed by atoms with Crippen molar-refractivity contribution in [2.24, 2.45) is 0 Å². The van der Waals surface area contributed by atoms with Crippen molar-refractivity contribution in [3.8, 4) is 0 Å². The number of sulfonamides is 1. The van der Waals surface area contributed by atoms with E-state index in [0.717, 1.165) is 5.56 Å². The smallest absolute Gasteiger partial charge is 0.337 e. The Kier molecular flexibility index (Phi) is 5.20. The van der Waals surface area contributed by atoms with Crippen LogP contribution in [0.1, 0.15) is 40.2 Å². The lowest BCUT2D eigenvalue weighted by atomic mass is 10.0. The Labute approximate surface area is 156 Å². The van der Waals surface area contributed by atoms with E-state index in [2.05, 4.69) is 4.74 Å². The van der Waals surface area contributed by atoms with E-state index in [-0.39, 0.29) is 21.5 Å². The van der Waals surface area contributed by atoms with Crippen LogP contribution in [0.2, 0.25) is 5.02 Å². The maximum atomic E-state index is 13.2. The van der Waals surface area contributed by atoms with Crippen molar-refractivity contribution in [3.05, 3.63) is 50.7 Å². The third-order valence-corrected chi connectivity index (χ3v) is 7.76. The summed E-state index contributed by atoms with van der Waals surface area (Å²) in [6.45, 7) is 2.39. The Morgan fingerprint density at radius 3 is 2.80 bits per heavy atom. The second-order valence-electron chi connectivity index (χ2n) is 5.73. The number of carbonyl (C=O) groups is 1. The first-order valence-electron chi connectivity index (χ1n) is 7.86. The predicted molar refractivity (Wildman–Crippen MR) is 97.7 cm³/mol.